The number of rotatable bonds is 4. The van der Waals surface area contributed by atoms with Gasteiger partial charge in [-0.15, -0.1) is 0 Å². The maximum absolute atomic E-state index is 4.42. The van der Waals surface area contributed by atoms with Gasteiger partial charge in [-0.3, -0.25) is 0 Å². The minimum Gasteiger partial charge on any atom is -0.309 e. The van der Waals surface area contributed by atoms with Crippen LogP contribution in [0.5, 0.6) is 0 Å². The van der Waals surface area contributed by atoms with Gasteiger partial charge in [-0.25, -0.2) is 4.98 Å². The van der Waals surface area contributed by atoms with Crippen molar-refractivity contribution in [2.24, 2.45) is 0 Å². The summed E-state index contributed by atoms with van der Waals surface area (Å²) < 4.78 is 4.34. The van der Waals surface area contributed by atoms with Crippen LogP contribution in [0.1, 0.15) is 19.5 Å². The van der Waals surface area contributed by atoms with Crippen LogP contribution in [0.25, 0.3) is 5.69 Å². The van der Waals surface area contributed by atoms with Crippen molar-refractivity contribution >= 4 is 38.5 Å². The summed E-state index contributed by atoms with van der Waals surface area (Å²) >= 11 is 5.84. The van der Waals surface area contributed by atoms with Crippen LogP contribution in [0.2, 0.25) is 0 Å². The van der Waals surface area contributed by atoms with Gasteiger partial charge < -0.3 is 9.88 Å². The summed E-state index contributed by atoms with van der Waals surface area (Å²) in [5.41, 5.74) is 2.20. The van der Waals surface area contributed by atoms with Crippen LogP contribution >= 0.6 is 38.5 Å². The molecule has 0 aliphatic carbocycles. The highest BCUT2D eigenvalue weighted by Gasteiger charge is 2.05. The number of hydrogen-bond donors (Lipinski definition) is 1. The topological polar surface area (TPSA) is 29.9 Å². The third-order valence-corrected chi connectivity index (χ3v) is 3.92. The standard InChI is InChI=1S/C13H15BrIN3/c1-9(2)16-6-11-7-18(8-17-11)13-5-10(14)3-4-12(13)15/h3-5,7-9,16H,6H2,1-2H3. The van der Waals surface area contributed by atoms with Crippen LogP contribution in [0.3, 0.4) is 0 Å². The number of halogens is 2. The number of nitrogens with zero attached hydrogens (tertiary/aromatic N) is 2. The second-order valence-electron chi connectivity index (χ2n) is 4.40. The summed E-state index contributed by atoms with van der Waals surface area (Å²) in [4.78, 5) is 4.42. The Morgan fingerprint density at radius 1 is 1.44 bits per heavy atom. The van der Waals surface area contributed by atoms with E-state index in [9.17, 15) is 0 Å². The maximum Gasteiger partial charge on any atom is 0.0996 e. The van der Waals surface area contributed by atoms with Crippen LogP contribution in [-0.2, 0) is 6.54 Å². The molecule has 1 N–H and O–H groups in total. The molecule has 2 rings (SSSR count). The predicted molar refractivity (Wildman–Crippen MR) is 86.0 cm³/mol. The first-order valence-corrected chi connectivity index (χ1v) is 7.65. The lowest BCUT2D eigenvalue weighted by molar-refractivity contribution is 0.582. The van der Waals surface area contributed by atoms with Crippen LogP contribution in [-0.4, -0.2) is 15.6 Å². The molecule has 1 aromatic carbocycles. The zero-order valence-corrected chi connectivity index (χ0v) is 14.1. The van der Waals surface area contributed by atoms with E-state index < -0.39 is 0 Å². The number of benzene rings is 1. The number of aromatic nitrogens is 2. The highest BCUT2D eigenvalue weighted by molar-refractivity contribution is 14.1. The molecule has 0 bridgehead atoms. The van der Waals surface area contributed by atoms with Gasteiger partial charge in [0, 0.05) is 26.8 Å². The van der Waals surface area contributed by atoms with Crippen molar-refractivity contribution in [3.05, 3.63) is 44.5 Å². The van der Waals surface area contributed by atoms with Gasteiger partial charge in [-0.05, 0) is 40.8 Å². The highest BCUT2D eigenvalue weighted by Crippen LogP contribution is 2.22. The molecule has 2 aromatic rings. The Labute approximate surface area is 129 Å². The largest absolute Gasteiger partial charge is 0.309 e. The summed E-state index contributed by atoms with van der Waals surface area (Å²) in [6.45, 7) is 5.07. The molecule has 0 radical (unpaired) electrons. The van der Waals surface area contributed by atoms with E-state index in [1.807, 2.05) is 12.4 Å². The summed E-state index contributed by atoms with van der Waals surface area (Å²) in [6.07, 6.45) is 3.93. The van der Waals surface area contributed by atoms with E-state index in [-0.39, 0.29) is 0 Å². The minimum absolute atomic E-state index is 0.473. The Kier molecular flexibility index (Phi) is 4.80. The molecule has 0 atom stereocenters. The van der Waals surface area contributed by atoms with Crippen molar-refractivity contribution in [2.45, 2.75) is 26.4 Å². The normalized spacial score (nSPS) is 11.2. The first kappa shape index (κ1) is 14.0. The van der Waals surface area contributed by atoms with E-state index in [1.54, 1.807) is 0 Å². The van der Waals surface area contributed by atoms with Crippen LogP contribution < -0.4 is 5.32 Å². The Morgan fingerprint density at radius 3 is 2.94 bits per heavy atom. The average molecular weight is 420 g/mol. The Bertz CT molecular complexity index is 537. The third-order valence-electron chi connectivity index (χ3n) is 2.51. The zero-order valence-electron chi connectivity index (χ0n) is 10.3. The third kappa shape index (κ3) is 3.55. The summed E-state index contributed by atoms with van der Waals surface area (Å²) in [5.74, 6) is 0. The molecule has 0 fully saturated rings. The van der Waals surface area contributed by atoms with Crippen LogP contribution in [0.4, 0.5) is 0 Å². The Morgan fingerprint density at radius 2 is 2.22 bits per heavy atom. The van der Waals surface area contributed by atoms with Gasteiger partial charge in [0.2, 0.25) is 0 Å². The lowest BCUT2D eigenvalue weighted by atomic mass is 10.3. The van der Waals surface area contributed by atoms with Crippen molar-refractivity contribution < 1.29 is 0 Å². The van der Waals surface area contributed by atoms with E-state index in [2.05, 4.69) is 85.6 Å². The number of hydrogen-bond acceptors (Lipinski definition) is 2. The van der Waals surface area contributed by atoms with Gasteiger partial charge >= 0.3 is 0 Å². The van der Waals surface area contributed by atoms with Crippen molar-refractivity contribution in [1.82, 2.24) is 14.9 Å². The second-order valence-corrected chi connectivity index (χ2v) is 6.48. The molecule has 18 heavy (non-hydrogen) atoms. The van der Waals surface area contributed by atoms with Crippen LogP contribution in [0, 0.1) is 3.57 Å². The average Bonchev–Trinajstić information content (AvgIpc) is 2.78. The van der Waals surface area contributed by atoms with Gasteiger partial charge in [0.1, 0.15) is 0 Å². The summed E-state index contributed by atoms with van der Waals surface area (Å²) in [6, 6.07) is 6.71. The molecule has 0 aliphatic rings. The highest BCUT2D eigenvalue weighted by atomic mass is 127. The van der Waals surface area contributed by atoms with Crippen molar-refractivity contribution in [3.8, 4) is 5.69 Å². The monoisotopic (exact) mass is 419 g/mol. The molecule has 1 heterocycles. The smallest absolute Gasteiger partial charge is 0.0996 e. The molecule has 0 amide bonds. The first-order valence-electron chi connectivity index (χ1n) is 5.78. The van der Waals surface area contributed by atoms with Gasteiger partial charge in [0.15, 0.2) is 0 Å². The lowest BCUT2D eigenvalue weighted by Gasteiger charge is -2.06. The maximum atomic E-state index is 4.42. The molecule has 0 aliphatic heterocycles. The molecule has 0 saturated heterocycles. The van der Waals surface area contributed by atoms with E-state index in [4.69, 9.17) is 0 Å². The molecule has 0 spiro atoms. The molecular weight excluding hydrogens is 405 g/mol. The fraction of sp³-hybridized carbons (Fsp3) is 0.308. The molecule has 0 unspecified atom stereocenters. The predicted octanol–water partition coefficient (Wildman–Crippen LogP) is 3.74. The SMILES string of the molecule is CC(C)NCc1cn(-c2cc(Br)ccc2I)cn1. The molecule has 1 aromatic heterocycles. The van der Waals surface area contributed by atoms with Crippen molar-refractivity contribution in [1.29, 1.82) is 0 Å². The van der Waals surface area contributed by atoms with Crippen molar-refractivity contribution in [3.63, 3.8) is 0 Å². The minimum atomic E-state index is 0.473. The number of nitrogens with one attached hydrogen (secondary N) is 1. The van der Waals surface area contributed by atoms with Crippen LogP contribution in [0.15, 0.2) is 35.2 Å². The van der Waals surface area contributed by atoms with Gasteiger partial charge in [0.05, 0.1) is 17.7 Å². The molecule has 3 nitrogen and oxygen atoms in total. The van der Waals surface area contributed by atoms with E-state index >= 15 is 0 Å². The van der Waals surface area contributed by atoms with Gasteiger partial charge in [-0.2, -0.15) is 0 Å². The van der Waals surface area contributed by atoms with Crippen molar-refractivity contribution in [2.75, 3.05) is 0 Å². The second kappa shape index (κ2) is 6.16. The van der Waals surface area contributed by atoms with E-state index in [0.29, 0.717) is 6.04 Å². The molecule has 96 valence electrons. The fourth-order valence-electron chi connectivity index (χ4n) is 1.58. The van der Waals surface area contributed by atoms with Gasteiger partial charge in [0.25, 0.3) is 0 Å². The quantitative estimate of drug-likeness (QED) is 0.765. The molecular formula is C13H15BrIN3. The van der Waals surface area contributed by atoms with Gasteiger partial charge in [-0.1, -0.05) is 29.8 Å². The molecule has 0 saturated carbocycles. The lowest BCUT2D eigenvalue weighted by Crippen LogP contribution is -2.21. The molecule has 5 heteroatoms. The first-order chi connectivity index (χ1) is 8.56. The number of imidazole rings is 1. The van der Waals surface area contributed by atoms with E-state index in [1.165, 1.54) is 3.57 Å². The summed E-state index contributed by atoms with van der Waals surface area (Å²) in [7, 11) is 0. The Balaban J connectivity index is 2.21. The zero-order chi connectivity index (χ0) is 13.1. The Hall–Kier alpha value is -0.400. The summed E-state index contributed by atoms with van der Waals surface area (Å²) in [5, 5.41) is 3.37. The fourth-order valence-corrected chi connectivity index (χ4v) is 2.54. The van der Waals surface area contributed by atoms with E-state index in [0.717, 1.165) is 22.4 Å².